The first kappa shape index (κ1) is 9.22. The van der Waals surface area contributed by atoms with E-state index in [0.29, 0.717) is 0 Å². The van der Waals surface area contributed by atoms with E-state index in [9.17, 15) is 0 Å². The smallest absolute Gasteiger partial charge is 0.168 e. The molecule has 0 N–H and O–H groups in total. The molecular formula is C11H18O2. The summed E-state index contributed by atoms with van der Waals surface area (Å²) >= 11 is 0. The Bertz CT molecular complexity index is 183. The molecule has 1 spiro atoms. The van der Waals surface area contributed by atoms with Crippen LogP contribution in [0.25, 0.3) is 0 Å². The fourth-order valence-corrected chi connectivity index (χ4v) is 2.43. The van der Waals surface area contributed by atoms with Gasteiger partial charge in [-0.3, -0.25) is 0 Å². The van der Waals surface area contributed by atoms with E-state index in [2.05, 4.69) is 6.58 Å². The Labute approximate surface area is 79.9 Å². The van der Waals surface area contributed by atoms with E-state index < -0.39 is 0 Å². The Morgan fingerprint density at radius 2 is 2.15 bits per heavy atom. The minimum atomic E-state index is -0.175. The van der Waals surface area contributed by atoms with Gasteiger partial charge in [0.05, 0.1) is 13.2 Å². The molecule has 1 aliphatic heterocycles. The van der Waals surface area contributed by atoms with Crippen molar-refractivity contribution in [2.75, 3.05) is 13.2 Å². The van der Waals surface area contributed by atoms with Crippen molar-refractivity contribution in [3.63, 3.8) is 0 Å². The quantitative estimate of drug-likeness (QED) is 0.624. The van der Waals surface area contributed by atoms with Crippen LogP contribution in [0, 0.1) is 5.92 Å². The summed E-state index contributed by atoms with van der Waals surface area (Å²) in [6, 6.07) is 0. The molecule has 0 radical (unpaired) electrons. The first-order chi connectivity index (χ1) is 6.35. The van der Waals surface area contributed by atoms with Gasteiger partial charge in [-0.1, -0.05) is 6.08 Å². The predicted octanol–water partition coefficient (Wildman–Crippen LogP) is 2.50. The molecule has 13 heavy (non-hydrogen) atoms. The third-order valence-electron chi connectivity index (χ3n) is 3.13. The average molecular weight is 182 g/mol. The molecule has 0 bridgehead atoms. The lowest BCUT2D eigenvalue weighted by Crippen LogP contribution is -2.25. The molecule has 0 aromatic rings. The fraction of sp³-hybridized carbons (Fsp3) is 0.818. The molecular weight excluding hydrogens is 164 g/mol. The van der Waals surface area contributed by atoms with Crippen LogP contribution in [-0.2, 0) is 9.47 Å². The first-order valence-electron chi connectivity index (χ1n) is 5.23. The van der Waals surface area contributed by atoms with Crippen molar-refractivity contribution in [1.29, 1.82) is 0 Å². The number of allylic oxidation sites excluding steroid dienone is 1. The highest BCUT2D eigenvalue weighted by Gasteiger charge is 2.43. The van der Waals surface area contributed by atoms with Gasteiger partial charge in [-0.2, -0.15) is 0 Å². The van der Waals surface area contributed by atoms with Gasteiger partial charge in [0.25, 0.3) is 0 Å². The van der Waals surface area contributed by atoms with Crippen molar-refractivity contribution in [3.05, 3.63) is 12.7 Å². The molecule has 1 heterocycles. The average Bonchev–Trinajstić information content (AvgIpc) is 2.74. The summed E-state index contributed by atoms with van der Waals surface area (Å²) in [5, 5.41) is 0. The van der Waals surface area contributed by atoms with Crippen LogP contribution in [0.2, 0.25) is 0 Å². The van der Waals surface area contributed by atoms with Gasteiger partial charge >= 0.3 is 0 Å². The molecule has 2 rings (SSSR count). The van der Waals surface area contributed by atoms with Crippen LogP contribution in [0.3, 0.4) is 0 Å². The highest BCUT2D eigenvalue weighted by atomic mass is 16.7. The van der Waals surface area contributed by atoms with Gasteiger partial charge in [-0.15, -0.1) is 6.58 Å². The fourth-order valence-electron chi connectivity index (χ4n) is 2.43. The molecule has 1 saturated carbocycles. The molecule has 0 amide bonds. The molecule has 2 heteroatoms. The number of ether oxygens (including phenoxy) is 2. The van der Waals surface area contributed by atoms with Crippen LogP contribution < -0.4 is 0 Å². The summed E-state index contributed by atoms with van der Waals surface area (Å²) in [7, 11) is 0. The monoisotopic (exact) mass is 182 g/mol. The van der Waals surface area contributed by atoms with Gasteiger partial charge in [0, 0.05) is 12.8 Å². The van der Waals surface area contributed by atoms with Crippen LogP contribution in [0.5, 0.6) is 0 Å². The van der Waals surface area contributed by atoms with Crippen molar-refractivity contribution in [3.8, 4) is 0 Å². The first-order valence-corrected chi connectivity index (χ1v) is 5.23. The van der Waals surface area contributed by atoms with Gasteiger partial charge < -0.3 is 9.47 Å². The van der Waals surface area contributed by atoms with Crippen molar-refractivity contribution in [2.45, 2.75) is 37.9 Å². The predicted molar refractivity (Wildman–Crippen MR) is 51.4 cm³/mol. The van der Waals surface area contributed by atoms with Crippen LogP contribution in [0.15, 0.2) is 12.7 Å². The van der Waals surface area contributed by atoms with Gasteiger partial charge in [0.15, 0.2) is 5.79 Å². The van der Waals surface area contributed by atoms with Gasteiger partial charge in [0.1, 0.15) is 0 Å². The molecule has 2 fully saturated rings. The zero-order valence-electron chi connectivity index (χ0n) is 8.13. The molecule has 74 valence electrons. The topological polar surface area (TPSA) is 18.5 Å². The summed E-state index contributed by atoms with van der Waals surface area (Å²) in [5.74, 6) is 0.613. The van der Waals surface area contributed by atoms with Crippen LogP contribution in [-0.4, -0.2) is 19.0 Å². The standard InChI is InChI=1S/C11H18O2/c1-2-3-4-10-5-6-11(9-10)12-7-8-13-11/h2,10H,1,3-9H2. The number of rotatable bonds is 3. The summed E-state index contributed by atoms with van der Waals surface area (Å²) in [5.41, 5.74) is 0. The maximum Gasteiger partial charge on any atom is 0.168 e. The van der Waals surface area contributed by atoms with Crippen LogP contribution >= 0.6 is 0 Å². The highest BCUT2D eigenvalue weighted by molar-refractivity contribution is 4.86. The third-order valence-corrected chi connectivity index (χ3v) is 3.13. The van der Waals surface area contributed by atoms with Crippen LogP contribution in [0.1, 0.15) is 32.1 Å². The van der Waals surface area contributed by atoms with Crippen molar-refractivity contribution < 1.29 is 9.47 Å². The highest BCUT2D eigenvalue weighted by Crippen LogP contribution is 2.42. The Morgan fingerprint density at radius 3 is 2.85 bits per heavy atom. The van der Waals surface area contributed by atoms with E-state index in [0.717, 1.165) is 38.4 Å². The summed E-state index contributed by atoms with van der Waals surface area (Å²) < 4.78 is 11.3. The Morgan fingerprint density at radius 1 is 1.38 bits per heavy atom. The SMILES string of the molecule is C=CCCC1CCC2(C1)OCCO2. The normalized spacial score (nSPS) is 31.2. The number of hydrogen-bond donors (Lipinski definition) is 0. The van der Waals surface area contributed by atoms with E-state index in [4.69, 9.17) is 9.47 Å². The van der Waals surface area contributed by atoms with Gasteiger partial charge in [-0.05, 0) is 25.2 Å². The zero-order valence-corrected chi connectivity index (χ0v) is 8.13. The molecule has 0 aromatic heterocycles. The van der Waals surface area contributed by atoms with E-state index in [1.54, 1.807) is 0 Å². The van der Waals surface area contributed by atoms with Crippen molar-refractivity contribution in [1.82, 2.24) is 0 Å². The Kier molecular flexibility index (Phi) is 2.70. The van der Waals surface area contributed by atoms with Crippen LogP contribution in [0.4, 0.5) is 0 Å². The summed E-state index contributed by atoms with van der Waals surface area (Å²) in [4.78, 5) is 0. The molecule has 1 saturated heterocycles. The molecule has 1 aliphatic carbocycles. The Balaban J connectivity index is 1.82. The second kappa shape index (κ2) is 3.81. The van der Waals surface area contributed by atoms with Gasteiger partial charge in [-0.25, -0.2) is 0 Å². The molecule has 2 nitrogen and oxygen atoms in total. The molecule has 0 aromatic carbocycles. The van der Waals surface area contributed by atoms with Gasteiger partial charge in [0.2, 0.25) is 0 Å². The lowest BCUT2D eigenvalue weighted by Gasteiger charge is -2.21. The van der Waals surface area contributed by atoms with Crippen molar-refractivity contribution in [2.24, 2.45) is 5.92 Å². The lowest BCUT2D eigenvalue weighted by atomic mass is 10.0. The largest absolute Gasteiger partial charge is 0.348 e. The third kappa shape index (κ3) is 1.94. The van der Waals surface area contributed by atoms with Crippen molar-refractivity contribution >= 4 is 0 Å². The second-order valence-electron chi connectivity index (χ2n) is 4.08. The minimum absolute atomic E-state index is 0.175. The zero-order chi connectivity index (χ0) is 9.15. The Hall–Kier alpha value is -0.340. The molecule has 1 unspecified atom stereocenters. The van der Waals surface area contributed by atoms with E-state index in [-0.39, 0.29) is 5.79 Å². The van der Waals surface area contributed by atoms with E-state index in [1.165, 1.54) is 12.8 Å². The second-order valence-corrected chi connectivity index (χ2v) is 4.08. The van der Waals surface area contributed by atoms with E-state index in [1.807, 2.05) is 6.08 Å². The number of hydrogen-bond acceptors (Lipinski definition) is 2. The molecule has 1 atom stereocenters. The maximum atomic E-state index is 5.66. The molecule has 2 aliphatic rings. The minimum Gasteiger partial charge on any atom is -0.348 e. The summed E-state index contributed by atoms with van der Waals surface area (Å²) in [6.45, 7) is 5.32. The maximum absolute atomic E-state index is 5.66. The summed E-state index contributed by atoms with van der Waals surface area (Å²) in [6.07, 6.45) is 7.82. The lowest BCUT2D eigenvalue weighted by molar-refractivity contribution is -0.152. The van der Waals surface area contributed by atoms with E-state index >= 15 is 0 Å².